The molecule has 1 aliphatic carbocycles. The van der Waals surface area contributed by atoms with E-state index >= 15 is 0 Å². The van der Waals surface area contributed by atoms with Crippen LogP contribution in [0.25, 0.3) is 11.1 Å². The highest BCUT2D eigenvalue weighted by molar-refractivity contribution is 5.80. The lowest BCUT2D eigenvalue weighted by molar-refractivity contribution is -0.926. The third-order valence-corrected chi connectivity index (χ3v) is 6.38. The van der Waals surface area contributed by atoms with E-state index < -0.39 is 5.60 Å². The number of rotatable bonds is 4. The van der Waals surface area contributed by atoms with Crippen LogP contribution < -0.4 is 0 Å². The highest BCUT2D eigenvalue weighted by atomic mass is 16.3. The van der Waals surface area contributed by atoms with E-state index in [4.69, 9.17) is 0 Å². The van der Waals surface area contributed by atoms with Gasteiger partial charge in [0.1, 0.15) is 12.1 Å². The minimum atomic E-state index is -0.988. The molecule has 2 aliphatic rings. The van der Waals surface area contributed by atoms with Crippen LogP contribution in [-0.2, 0) is 5.60 Å². The minimum Gasteiger partial charge on any atom is -0.379 e. The second kappa shape index (κ2) is 7.50. The van der Waals surface area contributed by atoms with Gasteiger partial charge >= 0.3 is 0 Å². The summed E-state index contributed by atoms with van der Waals surface area (Å²) in [5.41, 5.74) is 3.29. The fourth-order valence-corrected chi connectivity index (χ4v) is 5.02. The molecule has 1 heterocycles. The minimum absolute atomic E-state index is 0.465. The highest BCUT2D eigenvalue weighted by Crippen LogP contribution is 2.48. The van der Waals surface area contributed by atoms with Gasteiger partial charge in [-0.25, -0.2) is 0 Å². The van der Waals surface area contributed by atoms with E-state index in [1.165, 1.54) is 45.3 Å². The Bertz CT molecular complexity index is 816. The van der Waals surface area contributed by atoms with Gasteiger partial charge in [0.2, 0.25) is 0 Å². The molecule has 4 rings (SSSR count). The maximum atomic E-state index is 11.6. The van der Waals surface area contributed by atoms with E-state index in [1.54, 1.807) is 0 Å². The average molecular weight is 361 g/mol. The molecule has 0 spiro atoms. The van der Waals surface area contributed by atoms with Gasteiger partial charge < -0.3 is 9.59 Å². The summed E-state index contributed by atoms with van der Waals surface area (Å²) in [5.74, 6) is 6.82. The third-order valence-electron chi connectivity index (χ3n) is 6.38. The second-order valence-electron chi connectivity index (χ2n) is 8.21. The zero-order chi connectivity index (χ0) is 18.7. The molecule has 0 radical (unpaired) electrons. The van der Waals surface area contributed by atoms with Gasteiger partial charge in [0, 0.05) is 6.42 Å². The summed E-state index contributed by atoms with van der Waals surface area (Å²) in [4.78, 5) is 0. The molecule has 1 fully saturated rings. The van der Waals surface area contributed by atoms with Crippen LogP contribution in [0, 0.1) is 11.8 Å². The Morgan fingerprint density at radius 3 is 2.07 bits per heavy atom. The first-order chi connectivity index (χ1) is 13.2. The predicted molar refractivity (Wildman–Crippen MR) is 111 cm³/mol. The zero-order valence-corrected chi connectivity index (χ0v) is 16.4. The summed E-state index contributed by atoms with van der Waals surface area (Å²) in [6.07, 6.45) is 5.70. The van der Waals surface area contributed by atoms with Gasteiger partial charge in [-0.2, -0.15) is 0 Å². The van der Waals surface area contributed by atoms with Crippen LogP contribution in [0.15, 0.2) is 48.5 Å². The summed E-state index contributed by atoms with van der Waals surface area (Å²) in [6.45, 7) is 6.95. The molecule has 27 heavy (non-hydrogen) atoms. The van der Waals surface area contributed by atoms with Crippen molar-refractivity contribution >= 4 is 0 Å². The lowest BCUT2D eigenvalue weighted by atomic mass is 9.88. The van der Waals surface area contributed by atoms with Gasteiger partial charge in [-0.05, 0) is 53.9 Å². The smallest absolute Gasteiger partial charge is 0.140 e. The topological polar surface area (TPSA) is 20.2 Å². The van der Waals surface area contributed by atoms with Gasteiger partial charge in [-0.1, -0.05) is 61.4 Å². The van der Waals surface area contributed by atoms with Crippen LogP contribution in [0.3, 0.4) is 0 Å². The monoisotopic (exact) mass is 360 g/mol. The van der Waals surface area contributed by atoms with Crippen molar-refractivity contribution in [1.82, 2.24) is 0 Å². The Balaban J connectivity index is 1.57. The second-order valence-corrected chi connectivity index (χ2v) is 8.21. The average Bonchev–Trinajstić information content (AvgIpc) is 2.96. The molecule has 2 heteroatoms. The summed E-state index contributed by atoms with van der Waals surface area (Å²) < 4.78 is 1.15. The number of likely N-dealkylation sites (tertiary alicyclic amines) is 1. The van der Waals surface area contributed by atoms with Crippen molar-refractivity contribution < 1.29 is 9.59 Å². The van der Waals surface area contributed by atoms with Gasteiger partial charge in [0.15, 0.2) is 0 Å². The largest absolute Gasteiger partial charge is 0.379 e. The number of aliphatic hydroxyl groups is 1. The summed E-state index contributed by atoms with van der Waals surface area (Å²) in [5, 5.41) is 11.6. The molecule has 1 saturated heterocycles. The van der Waals surface area contributed by atoms with Crippen molar-refractivity contribution in [2.24, 2.45) is 0 Å². The molecule has 0 saturated carbocycles. The molecule has 0 bridgehead atoms. The van der Waals surface area contributed by atoms with Gasteiger partial charge in [0.05, 0.1) is 19.6 Å². The number of nitrogens with zero attached hydrogens (tertiary/aromatic N) is 1. The predicted octanol–water partition coefficient (Wildman–Crippen LogP) is 4.71. The Kier molecular flexibility index (Phi) is 5.08. The first kappa shape index (κ1) is 18.3. The van der Waals surface area contributed by atoms with Crippen LogP contribution in [0.1, 0.15) is 50.2 Å². The van der Waals surface area contributed by atoms with E-state index in [0.29, 0.717) is 6.42 Å². The van der Waals surface area contributed by atoms with Gasteiger partial charge in [0.25, 0.3) is 0 Å². The molecule has 0 atom stereocenters. The normalized spacial score (nSPS) is 18.9. The molecular formula is C25H30NO+. The summed E-state index contributed by atoms with van der Waals surface area (Å²) >= 11 is 0. The molecule has 140 valence electrons. The Morgan fingerprint density at radius 2 is 1.48 bits per heavy atom. The summed E-state index contributed by atoms with van der Waals surface area (Å²) in [7, 11) is 0. The lowest BCUT2D eigenvalue weighted by Gasteiger charge is -2.40. The van der Waals surface area contributed by atoms with Crippen molar-refractivity contribution in [1.29, 1.82) is 0 Å². The molecular weight excluding hydrogens is 330 g/mol. The maximum absolute atomic E-state index is 11.6. The molecule has 0 unspecified atom stereocenters. The first-order valence-corrected chi connectivity index (χ1v) is 10.4. The third kappa shape index (κ3) is 3.31. The number of hydrogen-bond donors (Lipinski definition) is 1. The van der Waals surface area contributed by atoms with Crippen LogP contribution >= 0.6 is 0 Å². The molecule has 2 nitrogen and oxygen atoms in total. The Labute approximate surface area is 163 Å². The molecule has 2 aromatic rings. The number of hydrogen-bond acceptors (Lipinski definition) is 1. The van der Waals surface area contributed by atoms with Crippen molar-refractivity contribution in [3.8, 4) is 23.0 Å². The van der Waals surface area contributed by atoms with Crippen LogP contribution in [0.5, 0.6) is 0 Å². The summed E-state index contributed by atoms with van der Waals surface area (Å²) in [6, 6.07) is 16.4. The first-order valence-electron chi connectivity index (χ1n) is 10.4. The van der Waals surface area contributed by atoms with E-state index in [1.807, 2.05) is 36.4 Å². The molecule has 0 amide bonds. The highest BCUT2D eigenvalue weighted by Gasteiger charge is 2.40. The van der Waals surface area contributed by atoms with E-state index in [0.717, 1.165) is 33.3 Å². The quantitative estimate of drug-likeness (QED) is 0.618. The standard InChI is InChI=1S/C25H30NO/c1-2-17-26(18-9-3-10-19-26)20-11-8-16-25(27)23-14-6-4-12-21(23)22-13-5-7-15-24(22)25/h4-7,12-15,27H,2-3,9-10,16-20H2,1H3/q+1. The van der Waals surface area contributed by atoms with Gasteiger partial charge in [-0.15, -0.1) is 0 Å². The molecule has 2 aromatic carbocycles. The van der Waals surface area contributed by atoms with Crippen LogP contribution in [0.4, 0.5) is 0 Å². The zero-order valence-electron chi connectivity index (χ0n) is 16.4. The van der Waals surface area contributed by atoms with Gasteiger partial charge in [-0.3, -0.25) is 0 Å². The fourth-order valence-electron chi connectivity index (χ4n) is 5.02. The van der Waals surface area contributed by atoms with Crippen molar-refractivity contribution in [2.75, 3.05) is 26.2 Å². The van der Waals surface area contributed by atoms with Crippen LogP contribution in [0.2, 0.25) is 0 Å². The number of benzene rings is 2. The Hall–Kier alpha value is -2.08. The SMILES string of the molecule is CCC[N+]1(CC#CCC2(O)c3ccccc3-c3ccccc32)CCCCC1. The number of quaternary nitrogens is 1. The van der Waals surface area contributed by atoms with E-state index in [9.17, 15) is 5.11 Å². The fraction of sp³-hybridized carbons (Fsp3) is 0.440. The number of piperidine rings is 1. The van der Waals surface area contributed by atoms with E-state index in [-0.39, 0.29) is 0 Å². The van der Waals surface area contributed by atoms with Crippen molar-refractivity contribution in [3.05, 3.63) is 59.7 Å². The van der Waals surface area contributed by atoms with Crippen molar-refractivity contribution in [3.63, 3.8) is 0 Å². The van der Waals surface area contributed by atoms with Crippen LogP contribution in [-0.4, -0.2) is 35.8 Å². The lowest BCUT2D eigenvalue weighted by Crippen LogP contribution is -2.52. The molecule has 0 aromatic heterocycles. The maximum Gasteiger partial charge on any atom is 0.140 e. The molecule has 1 aliphatic heterocycles. The number of fused-ring (bicyclic) bond motifs is 3. The van der Waals surface area contributed by atoms with Crippen molar-refractivity contribution in [2.45, 2.75) is 44.6 Å². The molecule has 1 N–H and O–H groups in total. The Morgan fingerprint density at radius 1 is 0.889 bits per heavy atom. The van der Waals surface area contributed by atoms with E-state index in [2.05, 4.69) is 30.9 Å².